The molecule has 1 aliphatic rings. The summed E-state index contributed by atoms with van der Waals surface area (Å²) >= 11 is 12.5. The summed E-state index contributed by atoms with van der Waals surface area (Å²) in [6.45, 7) is 1.81. The summed E-state index contributed by atoms with van der Waals surface area (Å²) in [5.74, 6) is -1.33. The van der Waals surface area contributed by atoms with Gasteiger partial charge in [0.1, 0.15) is 0 Å². The van der Waals surface area contributed by atoms with E-state index in [0.29, 0.717) is 19.9 Å². The zero-order valence-corrected chi connectivity index (χ0v) is 15.4. The lowest BCUT2D eigenvalue weighted by Gasteiger charge is -2.17. The monoisotopic (exact) mass is 389 g/mol. The topological polar surface area (TPSA) is 57.6 Å². The molecule has 4 nitrogen and oxygen atoms in total. The Morgan fingerprint density at radius 2 is 2.04 bits per heavy atom. The first-order chi connectivity index (χ1) is 11.9. The van der Waals surface area contributed by atoms with Crippen LogP contribution in [0.15, 0.2) is 47.4 Å². The first kappa shape index (κ1) is 17.7. The number of nitrogens with zero attached hydrogens (tertiary/aromatic N) is 1. The molecule has 1 aliphatic heterocycles. The van der Waals surface area contributed by atoms with Crippen molar-refractivity contribution in [2.24, 2.45) is 0 Å². The van der Waals surface area contributed by atoms with E-state index in [4.69, 9.17) is 23.8 Å². The molecule has 7 heteroatoms. The fourth-order valence-corrected chi connectivity index (χ4v) is 3.89. The van der Waals surface area contributed by atoms with Gasteiger partial charge in [0, 0.05) is 5.02 Å². The van der Waals surface area contributed by atoms with E-state index in [1.807, 2.05) is 6.07 Å². The molecular weight excluding hydrogens is 378 g/mol. The van der Waals surface area contributed by atoms with Gasteiger partial charge in [-0.2, -0.15) is 0 Å². The van der Waals surface area contributed by atoms with Crippen LogP contribution in [0, 0.1) is 6.92 Å². The summed E-state index contributed by atoms with van der Waals surface area (Å²) in [7, 11) is 0. The van der Waals surface area contributed by atoms with E-state index >= 15 is 0 Å². The number of hydrogen-bond acceptors (Lipinski definition) is 4. The lowest BCUT2D eigenvalue weighted by molar-refractivity contribution is -0.113. The van der Waals surface area contributed by atoms with E-state index in [-0.39, 0.29) is 11.5 Å². The molecular formula is C18H12ClNO3S2. The lowest BCUT2D eigenvalue weighted by atomic mass is 10.1. The average molecular weight is 390 g/mol. The van der Waals surface area contributed by atoms with Crippen LogP contribution in [0.2, 0.25) is 5.02 Å². The van der Waals surface area contributed by atoms with Crippen molar-refractivity contribution in [3.05, 3.63) is 69.1 Å². The highest BCUT2D eigenvalue weighted by Crippen LogP contribution is 2.37. The van der Waals surface area contributed by atoms with Crippen molar-refractivity contribution in [3.8, 4) is 0 Å². The van der Waals surface area contributed by atoms with Gasteiger partial charge in [0.05, 0.1) is 16.2 Å². The molecule has 1 N–H and O–H groups in total. The molecule has 0 aliphatic carbocycles. The average Bonchev–Trinajstić information content (AvgIpc) is 2.82. The van der Waals surface area contributed by atoms with E-state index in [2.05, 4.69) is 0 Å². The summed E-state index contributed by atoms with van der Waals surface area (Å²) in [6, 6.07) is 11.8. The Hall–Kier alpha value is -2.15. The number of thioether (sulfide) groups is 1. The van der Waals surface area contributed by atoms with Gasteiger partial charge in [-0.15, -0.1) is 0 Å². The Kier molecular flexibility index (Phi) is 4.94. The third-order valence-corrected chi connectivity index (χ3v) is 5.17. The highest BCUT2D eigenvalue weighted by molar-refractivity contribution is 8.27. The number of aryl methyl sites for hydroxylation is 1. The third kappa shape index (κ3) is 3.61. The SMILES string of the molecule is Cc1ccc(C(=O)O)cc1N1C(=O)C(=Cc2cccc(Cl)c2)SC1=S. The van der Waals surface area contributed by atoms with Crippen LogP contribution in [-0.4, -0.2) is 21.3 Å². The van der Waals surface area contributed by atoms with Gasteiger partial charge in [0.2, 0.25) is 0 Å². The van der Waals surface area contributed by atoms with Crippen molar-refractivity contribution in [2.45, 2.75) is 6.92 Å². The molecule has 0 saturated carbocycles. The number of thiocarbonyl (C=S) groups is 1. The summed E-state index contributed by atoms with van der Waals surface area (Å²) in [4.78, 5) is 25.9. The second-order valence-electron chi connectivity index (χ2n) is 5.38. The molecule has 1 heterocycles. The maximum atomic E-state index is 12.8. The minimum absolute atomic E-state index is 0.105. The Bertz CT molecular complexity index is 940. The molecule has 0 aromatic heterocycles. The van der Waals surface area contributed by atoms with E-state index in [0.717, 1.165) is 11.1 Å². The molecule has 1 saturated heterocycles. The molecule has 1 fully saturated rings. The largest absolute Gasteiger partial charge is 0.478 e. The third-order valence-electron chi connectivity index (χ3n) is 3.64. The zero-order chi connectivity index (χ0) is 18.1. The fourth-order valence-electron chi connectivity index (χ4n) is 2.41. The van der Waals surface area contributed by atoms with Crippen LogP contribution in [0.1, 0.15) is 21.5 Å². The van der Waals surface area contributed by atoms with E-state index in [1.165, 1.54) is 28.8 Å². The van der Waals surface area contributed by atoms with Crippen molar-refractivity contribution < 1.29 is 14.7 Å². The maximum Gasteiger partial charge on any atom is 0.335 e. The van der Waals surface area contributed by atoms with Crippen LogP contribution in [0.4, 0.5) is 5.69 Å². The molecule has 126 valence electrons. The number of aromatic carboxylic acids is 1. The number of carbonyl (C=O) groups is 2. The molecule has 0 radical (unpaired) electrons. The normalized spacial score (nSPS) is 15.9. The van der Waals surface area contributed by atoms with Crippen LogP contribution in [0.25, 0.3) is 6.08 Å². The highest BCUT2D eigenvalue weighted by Gasteiger charge is 2.34. The van der Waals surface area contributed by atoms with Crippen LogP contribution < -0.4 is 4.90 Å². The first-order valence-corrected chi connectivity index (χ1v) is 8.84. The molecule has 0 atom stereocenters. The Morgan fingerprint density at radius 1 is 1.28 bits per heavy atom. The maximum absolute atomic E-state index is 12.8. The van der Waals surface area contributed by atoms with Crippen molar-refractivity contribution in [1.29, 1.82) is 0 Å². The minimum Gasteiger partial charge on any atom is -0.478 e. The van der Waals surface area contributed by atoms with Crippen molar-refractivity contribution in [3.63, 3.8) is 0 Å². The molecule has 1 amide bonds. The predicted octanol–water partition coefficient (Wildman–Crippen LogP) is 4.75. The second-order valence-corrected chi connectivity index (χ2v) is 7.49. The van der Waals surface area contributed by atoms with Crippen molar-refractivity contribution >= 4 is 63.5 Å². The number of carbonyl (C=O) groups excluding carboxylic acids is 1. The summed E-state index contributed by atoms with van der Waals surface area (Å²) < 4.78 is 0.365. The number of halogens is 1. The number of carboxylic acids is 1. The predicted molar refractivity (Wildman–Crippen MR) is 105 cm³/mol. The molecule has 2 aromatic carbocycles. The Balaban J connectivity index is 2.00. The number of amides is 1. The zero-order valence-electron chi connectivity index (χ0n) is 13.0. The molecule has 0 unspecified atom stereocenters. The van der Waals surface area contributed by atoms with Crippen LogP contribution in [-0.2, 0) is 4.79 Å². The first-order valence-electron chi connectivity index (χ1n) is 7.24. The molecule has 3 rings (SSSR count). The molecule has 0 spiro atoms. The van der Waals surface area contributed by atoms with Crippen LogP contribution >= 0.6 is 35.6 Å². The van der Waals surface area contributed by atoms with Crippen molar-refractivity contribution in [2.75, 3.05) is 4.90 Å². The Morgan fingerprint density at radius 3 is 2.72 bits per heavy atom. The van der Waals surface area contributed by atoms with Crippen molar-refractivity contribution in [1.82, 2.24) is 0 Å². The molecule has 2 aromatic rings. The number of hydrogen-bond donors (Lipinski definition) is 1. The summed E-state index contributed by atoms with van der Waals surface area (Å²) in [6.07, 6.45) is 1.72. The van der Waals surface area contributed by atoms with Gasteiger partial charge in [-0.25, -0.2) is 4.79 Å². The molecule has 25 heavy (non-hydrogen) atoms. The Labute approximate surface area is 159 Å². The van der Waals surface area contributed by atoms with Gasteiger partial charge in [0.15, 0.2) is 4.32 Å². The van der Waals surface area contributed by atoms with Gasteiger partial charge in [-0.3, -0.25) is 9.69 Å². The quantitative estimate of drug-likeness (QED) is 0.606. The second kappa shape index (κ2) is 7.00. The minimum atomic E-state index is -1.05. The fraction of sp³-hybridized carbons (Fsp3) is 0.0556. The van der Waals surface area contributed by atoms with Gasteiger partial charge in [0.25, 0.3) is 5.91 Å². The number of rotatable bonds is 3. The van der Waals surface area contributed by atoms with E-state index in [1.54, 1.807) is 37.3 Å². The van der Waals surface area contributed by atoms with Gasteiger partial charge in [-0.1, -0.05) is 53.8 Å². The summed E-state index contributed by atoms with van der Waals surface area (Å²) in [5.41, 5.74) is 2.15. The number of anilines is 1. The van der Waals surface area contributed by atoms with Gasteiger partial charge >= 0.3 is 5.97 Å². The standard InChI is InChI=1S/C18H12ClNO3S2/c1-10-5-6-12(17(22)23)9-14(10)20-16(21)15(25-18(20)24)8-11-3-2-4-13(19)7-11/h2-9H,1H3,(H,22,23). The van der Waals surface area contributed by atoms with Crippen LogP contribution in [0.5, 0.6) is 0 Å². The number of benzene rings is 2. The smallest absolute Gasteiger partial charge is 0.335 e. The number of carboxylic acid groups (broad SMARTS) is 1. The highest BCUT2D eigenvalue weighted by atomic mass is 35.5. The van der Waals surface area contributed by atoms with Gasteiger partial charge in [-0.05, 0) is 48.4 Å². The van der Waals surface area contributed by atoms with E-state index in [9.17, 15) is 14.7 Å². The summed E-state index contributed by atoms with van der Waals surface area (Å²) in [5, 5.41) is 9.76. The molecule has 0 bridgehead atoms. The lowest BCUT2D eigenvalue weighted by Crippen LogP contribution is -2.28. The van der Waals surface area contributed by atoms with Crippen LogP contribution in [0.3, 0.4) is 0 Å². The van der Waals surface area contributed by atoms with E-state index < -0.39 is 5.97 Å². The van der Waals surface area contributed by atoms with Gasteiger partial charge < -0.3 is 5.11 Å².